The molecule has 2 aliphatic rings. The Labute approximate surface area is 118 Å². The number of nitrogens with one attached hydrogen (secondary N) is 1. The molecular weight excluding hydrogens is 264 g/mol. The molecule has 19 heavy (non-hydrogen) atoms. The molecule has 2 fully saturated rings. The minimum atomic E-state index is -0.826. The number of carboxylic acids is 1. The Morgan fingerprint density at radius 3 is 2.79 bits per heavy atom. The summed E-state index contributed by atoms with van der Waals surface area (Å²) < 4.78 is 0. The van der Waals surface area contributed by atoms with Gasteiger partial charge in [0.2, 0.25) is 0 Å². The smallest absolute Gasteiger partial charge is 0.317 e. The summed E-state index contributed by atoms with van der Waals surface area (Å²) in [4.78, 5) is 24.6. The Balaban J connectivity index is 1.76. The third-order valence-electron chi connectivity index (χ3n) is 3.80. The summed E-state index contributed by atoms with van der Waals surface area (Å²) in [6.07, 6.45) is 5.47. The first kappa shape index (κ1) is 14.5. The lowest BCUT2D eigenvalue weighted by atomic mass is 10.1. The van der Waals surface area contributed by atoms with Gasteiger partial charge >= 0.3 is 12.0 Å². The Morgan fingerprint density at radius 2 is 2.11 bits per heavy atom. The van der Waals surface area contributed by atoms with Crippen molar-refractivity contribution in [1.82, 2.24) is 10.2 Å². The van der Waals surface area contributed by atoms with Crippen LogP contribution in [0.15, 0.2) is 0 Å². The van der Waals surface area contributed by atoms with Gasteiger partial charge in [0.05, 0.1) is 6.42 Å². The first-order valence-corrected chi connectivity index (χ1v) is 8.09. The van der Waals surface area contributed by atoms with E-state index in [2.05, 4.69) is 5.32 Å². The van der Waals surface area contributed by atoms with Crippen LogP contribution in [0.4, 0.5) is 4.79 Å². The highest BCUT2D eigenvalue weighted by atomic mass is 32.2. The van der Waals surface area contributed by atoms with E-state index >= 15 is 0 Å². The summed E-state index contributed by atoms with van der Waals surface area (Å²) in [5, 5.41) is 12.3. The average molecular weight is 286 g/mol. The fourth-order valence-electron chi connectivity index (χ4n) is 2.79. The van der Waals surface area contributed by atoms with Crippen LogP contribution in [0.3, 0.4) is 0 Å². The maximum atomic E-state index is 12.1. The van der Waals surface area contributed by atoms with Crippen LogP contribution in [0.5, 0.6) is 0 Å². The van der Waals surface area contributed by atoms with E-state index in [-0.39, 0.29) is 18.5 Å². The largest absolute Gasteiger partial charge is 0.481 e. The zero-order valence-corrected chi connectivity index (χ0v) is 12.0. The lowest BCUT2D eigenvalue weighted by Gasteiger charge is -2.26. The zero-order valence-electron chi connectivity index (χ0n) is 11.1. The Morgan fingerprint density at radius 1 is 1.26 bits per heavy atom. The fourth-order valence-corrected chi connectivity index (χ4v) is 4.03. The van der Waals surface area contributed by atoms with Gasteiger partial charge in [0.1, 0.15) is 0 Å². The number of likely N-dealkylation sites (tertiary alicyclic amines) is 1. The number of nitrogens with zero attached hydrogens (tertiary/aromatic N) is 1. The second-order valence-electron chi connectivity index (χ2n) is 5.26. The Hall–Kier alpha value is -0.910. The summed E-state index contributed by atoms with van der Waals surface area (Å²) >= 11 is 1.93. The molecule has 2 saturated heterocycles. The second kappa shape index (κ2) is 7.03. The van der Waals surface area contributed by atoms with Crippen LogP contribution in [-0.2, 0) is 4.79 Å². The van der Waals surface area contributed by atoms with Gasteiger partial charge in [-0.2, -0.15) is 11.8 Å². The zero-order chi connectivity index (χ0) is 13.7. The maximum Gasteiger partial charge on any atom is 0.317 e. The van der Waals surface area contributed by atoms with Crippen molar-refractivity contribution in [3.05, 3.63) is 0 Å². The molecule has 2 amide bonds. The lowest BCUT2D eigenvalue weighted by Crippen LogP contribution is -2.45. The number of hydrogen-bond acceptors (Lipinski definition) is 3. The maximum absolute atomic E-state index is 12.1. The normalized spacial score (nSPS) is 27.3. The van der Waals surface area contributed by atoms with Gasteiger partial charge in [-0.15, -0.1) is 0 Å². The van der Waals surface area contributed by atoms with E-state index in [0.29, 0.717) is 18.3 Å². The number of aliphatic carboxylic acids is 1. The molecule has 0 saturated carbocycles. The molecule has 0 bridgehead atoms. The van der Waals surface area contributed by atoms with Gasteiger partial charge in [-0.25, -0.2) is 4.79 Å². The van der Waals surface area contributed by atoms with E-state index in [1.165, 1.54) is 25.0 Å². The van der Waals surface area contributed by atoms with E-state index in [1.54, 1.807) is 4.90 Å². The second-order valence-corrected chi connectivity index (χ2v) is 6.67. The summed E-state index contributed by atoms with van der Waals surface area (Å²) in [5.41, 5.74) is 0. The van der Waals surface area contributed by atoms with Gasteiger partial charge in [0.25, 0.3) is 0 Å². The molecule has 0 spiro atoms. The Kier molecular flexibility index (Phi) is 5.36. The summed E-state index contributed by atoms with van der Waals surface area (Å²) in [6.45, 7) is 1.39. The summed E-state index contributed by atoms with van der Waals surface area (Å²) in [7, 11) is 0. The molecule has 2 rings (SSSR count). The van der Waals surface area contributed by atoms with Gasteiger partial charge in [0.15, 0.2) is 0 Å². The number of rotatable bonds is 4. The van der Waals surface area contributed by atoms with Crippen LogP contribution in [-0.4, -0.2) is 52.1 Å². The van der Waals surface area contributed by atoms with E-state index in [9.17, 15) is 9.59 Å². The predicted molar refractivity (Wildman–Crippen MR) is 75.5 cm³/mol. The first-order valence-electron chi connectivity index (χ1n) is 7.04. The van der Waals surface area contributed by atoms with Crippen LogP contribution in [0.1, 0.15) is 38.5 Å². The van der Waals surface area contributed by atoms with E-state index in [4.69, 9.17) is 5.11 Å². The van der Waals surface area contributed by atoms with Crippen LogP contribution >= 0.6 is 11.8 Å². The topological polar surface area (TPSA) is 69.6 Å². The standard InChI is InChI=1S/C13H22N2O3S/c16-12(17)8-10-4-3-6-15(10)13(18)14-9-11-5-1-2-7-19-11/h10-11H,1-9H2,(H,14,18)(H,16,17). The lowest BCUT2D eigenvalue weighted by molar-refractivity contribution is -0.137. The van der Waals surface area contributed by atoms with Crippen molar-refractivity contribution in [2.45, 2.75) is 49.8 Å². The fraction of sp³-hybridized carbons (Fsp3) is 0.846. The number of urea groups is 1. The van der Waals surface area contributed by atoms with Crippen LogP contribution in [0.2, 0.25) is 0 Å². The van der Waals surface area contributed by atoms with Crippen molar-refractivity contribution in [2.24, 2.45) is 0 Å². The molecule has 5 nitrogen and oxygen atoms in total. The number of carbonyl (C=O) groups excluding carboxylic acids is 1. The van der Waals surface area contributed by atoms with Gasteiger partial charge < -0.3 is 15.3 Å². The molecule has 2 atom stereocenters. The average Bonchev–Trinajstić information content (AvgIpc) is 2.84. The van der Waals surface area contributed by atoms with Gasteiger partial charge in [-0.1, -0.05) is 6.42 Å². The first-order chi connectivity index (χ1) is 9.16. The quantitative estimate of drug-likeness (QED) is 0.828. The molecule has 0 radical (unpaired) electrons. The van der Waals surface area contributed by atoms with E-state index in [1.807, 2.05) is 11.8 Å². The molecular formula is C13H22N2O3S. The number of amides is 2. The van der Waals surface area contributed by atoms with Crippen LogP contribution in [0.25, 0.3) is 0 Å². The Bertz CT molecular complexity index is 332. The third kappa shape index (κ3) is 4.30. The van der Waals surface area contributed by atoms with Crippen LogP contribution < -0.4 is 5.32 Å². The van der Waals surface area contributed by atoms with Crippen molar-refractivity contribution >= 4 is 23.8 Å². The van der Waals surface area contributed by atoms with Crippen molar-refractivity contribution in [3.8, 4) is 0 Å². The number of thioether (sulfide) groups is 1. The van der Waals surface area contributed by atoms with Gasteiger partial charge in [0, 0.05) is 24.4 Å². The van der Waals surface area contributed by atoms with E-state index in [0.717, 1.165) is 12.8 Å². The molecule has 2 N–H and O–H groups in total. The summed E-state index contributed by atoms with van der Waals surface area (Å²) in [5.74, 6) is 0.360. The number of carboxylic acid groups (broad SMARTS) is 1. The predicted octanol–water partition coefficient (Wildman–Crippen LogP) is 1.92. The number of hydrogen-bond donors (Lipinski definition) is 2. The van der Waals surface area contributed by atoms with Crippen molar-refractivity contribution in [2.75, 3.05) is 18.8 Å². The summed E-state index contributed by atoms with van der Waals surface area (Å²) in [6, 6.07) is -0.216. The molecule has 6 heteroatoms. The molecule has 108 valence electrons. The molecule has 0 aromatic rings. The molecule has 2 aliphatic heterocycles. The van der Waals surface area contributed by atoms with Crippen molar-refractivity contribution in [3.63, 3.8) is 0 Å². The van der Waals surface area contributed by atoms with Crippen molar-refractivity contribution < 1.29 is 14.7 Å². The molecule has 2 heterocycles. The highest BCUT2D eigenvalue weighted by Gasteiger charge is 2.30. The minimum absolute atomic E-state index is 0.0611. The SMILES string of the molecule is O=C(O)CC1CCCN1C(=O)NCC1CCCCS1. The highest BCUT2D eigenvalue weighted by molar-refractivity contribution is 7.99. The van der Waals surface area contributed by atoms with Crippen molar-refractivity contribution in [1.29, 1.82) is 0 Å². The van der Waals surface area contributed by atoms with Crippen LogP contribution in [0, 0.1) is 0 Å². The minimum Gasteiger partial charge on any atom is -0.481 e. The van der Waals surface area contributed by atoms with E-state index < -0.39 is 5.97 Å². The monoisotopic (exact) mass is 286 g/mol. The van der Waals surface area contributed by atoms with Gasteiger partial charge in [-0.05, 0) is 31.4 Å². The molecule has 0 aliphatic carbocycles. The molecule has 2 unspecified atom stereocenters. The number of carbonyl (C=O) groups is 2. The molecule has 0 aromatic carbocycles. The highest BCUT2D eigenvalue weighted by Crippen LogP contribution is 2.25. The van der Waals surface area contributed by atoms with Gasteiger partial charge in [-0.3, -0.25) is 4.79 Å². The third-order valence-corrected chi connectivity index (χ3v) is 5.20. The molecule has 0 aromatic heterocycles.